The molecular formula is C12H14N2O2S. The summed E-state index contributed by atoms with van der Waals surface area (Å²) in [5.74, 6) is -0.957. The van der Waals surface area contributed by atoms with Crippen LogP contribution in [0.5, 0.6) is 0 Å². The molecule has 0 radical (unpaired) electrons. The van der Waals surface area contributed by atoms with Crippen LogP contribution in [-0.2, 0) is 4.79 Å². The van der Waals surface area contributed by atoms with Gasteiger partial charge in [0, 0.05) is 13.1 Å². The molecule has 0 spiro atoms. The van der Waals surface area contributed by atoms with Crippen LogP contribution >= 0.6 is 11.3 Å². The van der Waals surface area contributed by atoms with Gasteiger partial charge in [0.1, 0.15) is 6.04 Å². The monoisotopic (exact) mass is 250 g/mol. The first kappa shape index (κ1) is 12.1. The van der Waals surface area contributed by atoms with Crippen molar-refractivity contribution in [2.75, 3.05) is 13.1 Å². The second-order valence-corrected chi connectivity index (χ2v) is 5.02. The van der Waals surface area contributed by atoms with E-state index in [-0.39, 0.29) is 12.0 Å². The average molecular weight is 250 g/mol. The topological polar surface area (TPSA) is 64.3 Å². The zero-order chi connectivity index (χ0) is 12.3. The molecule has 0 saturated carbocycles. The maximum Gasteiger partial charge on any atom is 0.306 e. The molecule has 1 aromatic heterocycles. The van der Waals surface area contributed by atoms with Crippen molar-refractivity contribution in [2.24, 2.45) is 5.92 Å². The van der Waals surface area contributed by atoms with E-state index in [0.717, 1.165) is 5.56 Å². The van der Waals surface area contributed by atoms with Crippen LogP contribution in [0, 0.1) is 17.2 Å². The van der Waals surface area contributed by atoms with E-state index in [1.54, 1.807) is 11.3 Å². The van der Waals surface area contributed by atoms with Gasteiger partial charge in [0.2, 0.25) is 0 Å². The van der Waals surface area contributed by atoms with Crippen LogP contribution in [0.25, 0.3) is 0 Å². The van der Waals surface area contributed by atoms with E-state index >= 15 is 0 Å². The molecule has 17 heavy (non-hydrogen) atoms. The molecule has 1 N–H and O–H groups in total. The van der Waals surface area contributed by atoms with Gasteiger partial charge in [-0.3, -0.25) is 9.69 Å². The van der Waals surface area contributed by atoms with Gasteiger partial charge in [0.15, 0.2) is 0 Å². The van der Waals surface area contributed by atoms with E-state index in [0.29, 0.717) is 25.9 Å². The first-order valence-electron chi connectivity index (χ1n) is 5.61. The van der Waals surface area contributed by atoms with Crippen LogP contribution in [0.4, 0.5) is 0 Å². The number of likely N-dealkylation sites (tertiary alicyclic amines) is 1. The number of carboxylic acids is 1. The van der Waals surface area contributed by atoms with Crippen LogP contribution in [0.3, 0.4) is 0 Å². The third kappa shape index (κ3) is 2.65. The Balaban J connectivity index is 2.00. The lowest BCUT2D eigenvalue weighted by atomic mass is 9.95. The largest absolute Gasteiger partial charge is 0.481 e. The Morgan fingerprint density at radius 2 is 2.29 bits per heavy atom. The highest BCUT2D eigenvalue weighted by molar-refractivity contribution is 7.08. The van der Waals surface area contributed by atoms with Crippen LogP contribution in [0.15, 0.2) is 16.8 Å². The number of rotatable bonds is 3. The van der Waals surface area contributed by atoms with Crippen molar-refractivity contribution in [1.82, 2.24) is 4.90 Å². The average Bonchev–Trinajstić information content (AvgIpc) is 2.84. The van der Waals surface area contributed by atoms with Crippen LogP contribution in [0.1, 0.15) is 24.4 Å². The second kappa shape index (κ2) is 5.30. The van der Waals surface area contributed by atoms with Gasteiger partial charge in [-0.25, -0.2) is 0 Å². The molecule has 1 atom stereocenters. The lowest BCUT2D eigenvalue weighted by Gasteiger charge is -2.32. The van der Waals surface area contributed by atoms with E-state index in [1.165, 1.54) is 0 Å². The molecule has 1 unspecified atom stereocenters. The van der Waals surface area contributed by atoms with Gasteiger partial charge in [-0.1, -0.05) is 0 Å². The Bertz CT molecular complexity index is 416. The number of aliphatic carboxylic acids is 1. The van der Waals surface area contributed by atoms with Gasteiger partial charge < -0.3 is 5.11 Å². The van der Waals surface area contributed by atoms with E-state index < -0.39 is 5.97 Å². The summed E-state index contributed by atoms with van der Waals surface area (Å²) in [6.07, 6.45) is 1.27. The Labute approximate surface area is 104 Å². The molecule has 1 fully saturated rings. The standard InChI is InChI=1S/C12H14N2O2S/c13-7-11(10-3-6-17-8-10)14-4-1-9(2-5-14)12(15)16/h3,6,8-9,11H,1-2,4-5H2,(H,15,16). The smallest absolute Gasteiger partial charge is 0.306 e. The molecule has 1 saturated heterocycles. The van der Waals surface area contributed by atoms with Crippen molar-refractivity contribution in [2.45, 2.75) is 18.9 Å². The molecule has 0 bridgehead atoms. The lowest BCUT2D eigenvalue weighted by Crippen LogP contribution is -2.38. The van der Waals surface area contributed by atoms with Crippen molar-refractivity contribution in [3.05, 3.63) is 22.4 Å². The fourth-order valence-electron chi connectivity index (χ4n) is 2.20. The van der Waals surface area contributed by atoms with Crippen LogP contribution < -0.4 is 0 Å². The number of carbonyl (C=O) groups is 1. The summed E-state index contributed by atoms with van der Waals surface area (Å²) in [4.78, 5) is 12.9. The zero-order valence-electron chi connectivity index (χ0n) is 9.37. The first-order valence-corrected chi connectivity index (χ1v) is 6.55. The number of hydrogen-bond donors (Lipinski definition) is 1. The highest BCUT2D eigenvalue weighted by Gasteiger charge is 2.29. The molecule has 0 aromatic carbocycles. The van der Waals surface area contributed by atoms with Crippen LogP contribution in [0.2, 0.25) is 0 Å². The molecular weight excluding hydrogens is 236 g/mol. The SMILES string of the molecule is N#CC(c1ccsc1)N1CCC(C(=O)O)CC1. The number of carboxylic acid groups (broad SMARTS) is 1. The quantitative estimate of drug-likeness (QED) is 0.892. The number of thiophene rings is 1. The molecule has 1 aliphatic heterocycles. The molecule has 4 nitrogen and oxygen atoms in total. The van der Waals surface area contributed by atoms with Crippen molar-refractivity contribution in [3.8, 4) is 6.07 Å². The Morgan fingerprint density at radius 3 is 2.76 bits per heavy atom. The first-order chi connectivity index (χ1) is 8.22. The predicted octanol–water partition coefficient (Wildman–Crippen LogP) is 2.11. The van der Waals surface area contributed by atoms with Crippen molar-refractivity contribution >= 4 is 17.3 Å². The maximum absolute atomic E-state index is 10.8. The predicted molar refractivity (Wildman–Crippen MR) is 64.6 cm³/mol. The third-order valence-corrected chi connectivity index (χ3v) is 3.93. The summed E-state index contributed by atoms with van der Waals surface area (Å²) in [5, 5.41) is 22.1. The second-order valence-electron chi connectivity index (χ2n) is 4.24. The van der Waals surface area contributed by atoms with E-state index in [9.17, 15) is 10.1 Å². The fourth-order valence-corrected chi connectivity index (χ4v) is 2.88. The minimum absolute atomic E-state index is 0.226. The molecule has 0 aliphatic carbocycles. The number of nitriles is 1. The molecule has 1 aliphatic rings. The third-order valence-electron chi connectivity index (χ3n) is 3.23. The number of nitrogens with zero attached hydrogens (tertiary/aromatic N) is 2. The highest BCUT2D eigenvalue weighted by atomic mass is 32.1. The minimum atomic E-state index is -0.714. The molecule has 90 valence electrons. The Kier molecular flexibility index (Phi) is 3.77. The minimum Gasteiger partial charge on any atom is -0.481 e. The summed E-state index contributed by atoms with van der Waals surface area (Å²) < 4.78 is 0. The summed E-state index contributed by atoms with van der Waals surface area (Å²) in [6, 6.07) is 4.04. The fraction of sp³-hybridized carbons (Fsp3) is 0.500. The van der Waals surface area contributed by atoms with E-state index in [2.05, 4.69) is 11.0 Å². The maximum atomic E-state index is 10.8. The van der Waals surface area contributed by atoms with Gasteiger partial charge in [0.25, 0.3) is 0 Å². The lowest BCUT2D eigenvalue weighted by molar-refractivity contribution is -0.143. The summed E-state index contributed by atoms with van der Waals surface area (Å²) in [6.45, 7) is 1.37. The summed E-state index contributed by atoms with van der Waals surface area (Å²) >= 11 is 1.58. The zero-order valence-corrected chi connectivity index (χ0v) is 10.2. The molecule has 5 heteroatoms. The molecule has 0 amide bonds. The normalized spacial score (nSPS) is 19.7. The molecule has 1 aromatic rings. The van der Waals surface area contributed by atoms with Gasteiger partial charge in [0.05, 0.1) is 12.0 Å². The Morgan fingerprint density at radius 1 is 1.59 bits per heavy atom. The van der Waals surface area contributed by atoms with Crippen molar-refractivity contribution in [1.29, 1.82) is 5.26 Å². The summed E-state index contributed by atoms with van der Waals surface area (Å²) in [5.41, 5.74) is 1.02. The Hall–Kier alpha value is -1.38. The highest BCUT2D eigenvalue weighted by Crippen LogP contribution is 2.27. The van der Waals surface area contributed by atoms with Gasteiger partial charge >= 0.3 is 5.97 Å². The van der Waals surface area contributed by atoms with Crippen molar-refractivity contribution < 1.29 is 9.90 Å². The van der Waals surface area contributed by atoms with Crippen LogP contribution in [-0.4, -0.2) is 29.1 Å². The molecule has 2 rings (SSSR count). The van der Waals surface area contributed by atoms with Gasteiger partial charge in [-0.15, -0.1) is 0 Å². The van der Waals surface area contributed by atoms with Crippen molar-refractivity contribution in [3.63, 3.8) is 0 Å². The molecule has 2 heterocycles. The van der Waals surface area contributed by atoms with Gasteiger partial charge in [-0.2, -0.15) is 16.6 Å². The number of piperidine rings is 1. The van der Waals surface area contributed by atoms with E-state index in [4.69, 9.17) is 5.11 Å². The number of hydrogen-bond acceptors (Lipinski definition) is 4. The summed E-state index contributed by atoms with van der Waals surface area (Å²) in [7, 11) is 0. The van der Waals surface area contributed by atoms with E-state index in [1.807, 2.05) is 16.8 Å². The van der Waals surface area contributed by atoms with Gasteiger partial charge in [-0.05, 0) is 35.2 Å².